The molecule has 0 amide bonds. The lowest BCUT2D eigenvalue weighted by Crippen LogP contribution is -2.40. The van der Waals surface area contributed by atoms with E-state index >= 15 is 0 Å². The maximum absolute atomic E-state index is 12.4. The van der Waals surface area contributed by atoms with Crippen molar-refractivity contribution < 1.29 is 29.6 Å². The van der Waals surface area contributed by atoms with E-state index in [0.717, 1.165) is 50.3 Å². The molecule has 0 bridgehead atoms. The van der Waals surface area contributed by atoms with Crippen molar-refractivity contribution in [3.05, 3.63) is 20.8 Å². The first-order chi connectivity index (χ1) is 15.3. The number of esters is 1. The molecule has 11 nitrogen and oxygen atoms in total. The van der Waals surface area contributed by atoms with Crippen LogP contribution in [-0.2, 0) is 14.3 Å². The van der Waals surface area contributed by atoms with Crippen molar-refractivity contribution in [2.75, 3.05) is 13.2 Å². The number of aromatic amines is 1. The zero-order chi connectivity index (χ0) is 23.7. The van der Waals surface area contributed by atoms with E-state index in [1.807, 2.05) is 0 Å². The fraction of sp³-hybridized carbons (Fsp3) is 0.800. The van der Waals surface area contributed by atoms with Crippen LogP contribution in [0.3, 0.4) is 0 Å². The molecule has 0 aromatic carbocycles. The van der Waals surface area contributed by atoms with E-state index in [4.69, 9.17) is 9.47 Å². The molecule has 1 aromatic heterocycles. The van der Waals surface area contributed by atoms with E-state index in [9.17, 15) is 29.7 Å². The van der Waals surface area contributed by atoms with Gasteiger partial charge in [-0.1, -0.05) is 57.2 Å². The van der Waals surface area contributed by atoms with Crippen LogP contribution in [0.2, 0.25) is 0 Å². The van der Waals surface area contributed by atoms with Crippen LogP contribution in [0.15, 0.2) is 14.6 Å². The summed E-state index contributed by atoms with van der Waals surface area (Å²) in [6, 6.07) is 0. The number of rotatable bonds is 13. The van der Waals surface area contributed by atoms with E-state index in [-0.39, 0.29) is 11.6 Å². The summed E-state index contributed by atoms with van der Waals surface area (Å²) >= 11 is 0.884. The van der Waals surface area contributed by atoms with E-state index < -0.39 is 53.6 Å². The first-order valence-corrected chi connectivity index (χ1v) is 11.9. The van der Waals surface area contributed by atoms with E-state index in [1.165, 1.54) is 0 Å². The Balaban J connectivity index is 2.18. The molecule has 0 radical (unpaired) electrons. The number of unbranched alkanes of at least 4 members (excludes halogenated alkanes) is 5. The van der Waals surface area contributed by atoms with Gasteiger partial charge in [-0.2, -0.15) is 9.78 Å². The highest BCUT2D eigenvalue weighted by Crippen LogP contribution is 2.29. The number of carbonyl (C=O) groups is 1. The van der Waals surface area contributed by atoms with E-state index in [2.05, 4.69) is 17.0 Å². The predicted molar refractivity (Wildman–Crippen MR) is 116 cm³/mol. The molecule has 0 aliphatic carbocycles. The van der Waals surface area contributed by atoms with Gasteiger partial charge in [0.25, 0.3) is 5.56 Å². The maximum Gasteiger partial charge on any atom is 0.347 e. The van der Waals surface area contributed by atoms with Crippen LogP contribution in [0.25, 0.3) is 0 Å². The molecule has 12 heteroatoms. The number of ether oxygens (including phenoxy) is 2. The highest BCUT2D eigenvalue weighted by Gasteiger charge is 2.44. The number of nitrogens with one attached hydrogen (secondary N) is 1. The Morgan fingerprint density at radius 1 is 1.19 bits per heavy atom. The zero-order valence-electron chi connectivity index (χ0n) is 18.4. The van der Waals surface area contributed by atoms with Crippen molar-refractivity contribution >= 4 is 17.7 Å². The molecule has 2 rings (SSSR count). The van der Waals surface area contributed by atoms with Gasteiger partial charge in [0, 0.05) is 0 Å². The fourth-order valence-electron chi connectivity index (χ4n) is 3.43. The molecular weight excluding hydrogens is 442 g/mol. The van der Waals surface area contributed by atoms with Gasteiger partial charge < -0.3 is 24.8 Å². The van der Waals surface area contributed by atoms with Gasteiger partial charge in [0.2, 0.25) is 0 Å². The summed E-state index contributed by atoms with van der Waals surface area (Å²) in [4.78, 5) is 39.1. The molecule has 182 valence electrons. The van der Waals surface area contributed by atoms with Crippen LogP contribution in [0, 0.1) is 0 Å². The number of carbonyl (C=O) groups excluding carboxylic acids is 1. The van der Waals surface area contributed by atoms with Crippen molar-refractivity contribution in [3.63, 3.8) is 0 Å². The van der Waals surface area contributed by atoms with Gasteiger partial charge in [-0.05, 0) is 13.3 Å². The quantitative estimate of drug-likeness (QED) is 0.177. The van der Waals surface area contributed by atoms with Crippen molar-refractivity contribution in [3.8, 4) is 0 Å². The van der Waals surface area contributed by atoms with Crippen molar-refractivity contribution in [1.82, 2.24) is 14.8 Å². The molecule has 1 fully saturated rings. The molecule has 1 unspecified atom stereocenters. The Kier molecular flexibility index (Phi) is 10.9. The molecule has 0 saturated carbocycles. The number of nitrogens with zero attached hydrogens (tertiary/aromatic N) is 2. The third-order valence-electron chi connectivity index (χ3n) is 5.20. The Morgan fingerprint density at radius 3 is 2.50 bits per heavy atom. The topological polar surface area (TPSA) is 164 Å². The molecule has 1 aromatic rings. The molecule has 2 heterocycles. The number of aliphatic hydroxyl groups is 3. The second kappa shape index (κ2) is 13.1. The number of H-pyrrole nitrogens is 1. The standard InChI is InChI=1S/C20H33N3O8S/c1-3-5-6-7-8-9-10-13(19(28)30-4-2)32-17-16(27)21-20(29)23(22-17)18-15(26)14(25)12(11-24)31-18/h12-15,18,24-26H,3-11H2,1-2H3,(H,21,27,29)/t12-,13?,14-,15-,18-/m1/s1. The van der Waals surface area contributed by atoms with Crippen LogP contribution in [0.4, 0.5) is 0 Å². The monoisotopic (exact) mass is 475 g/mol. The summed E-state index contributed by atoms with van der Waals surface area (Å²) in [6.45, 7) is 3.45. The van der Waals surface area contributed by atoms with Gasteiger partial charge in [-0.3, -0.25) is 14.6 Å². The molecular formula is C20H33N3O8S. The lowest BCUT2D eigenvalue weighted by atomic mass is 10.1. The Morgan fingerprint density at radius 2 is 1.88 bits per heavy atom. The highest BCUT2D eigenvalue weighted by molar-refractivity contribution is 8.00. The predicted octanol–water partition coefficient (Wildman–Crippen LogP) is 0.318. The number of aliphatic hydroxyl groups excluding tert-OH is 3. The zero-order valence-corrected chi connectivity index (χ0v) is 19.3. The van der Waals surface area contributed by atoms with Crippen molar-refractivity contribution in [2.24, 2.45) is 0 Å². The third kappa shape index (κ3) is 6.88. The summed E-state index contributed by atoms with van der Waals surface area (Å²) in [7, 11) is 0. The van der Waals surface area contributed by atoms with Crippen molar-refractivity contribution in [2.45, 2.75) is 93.6 Å². The number of thioether (sulfide) groups is 1. The summed E-state index contributed by atoms with van der Waals surface area (Å²) in [6.07, 6.45) is 1.22. The second-order valence-electron chi connectivity index (χ2n) is 7.65. The number of hydrogen-bond acceptors (Lipinski definition) is 10. The lowest BCUT2D eigenvalue weighted by Gasteiger charge is -2.18. The Bertz CT molecular complexity index is 845. The van der Waals surface area contributed by atoms with Crippen LogP contribution in [0.1, 0.15) is 65.0 Å². The van der Waals surface area contributed by atoms with Gasteiger partial charge in [0.1, 0.15) is 23.6 Å². The normalized spacial score (nSPS) is 23.9. The van der Waals surface area contributed by atoms with Crippen LogP contribution in [-0.4, -0.2) is 72.8 Å². The van der Waals surface area contributed by atoms with E-state index in [0.29, 0.717) is 11.1 Å². The fourth-order valence-corrected chi connectivity index (χ4v) is 4.44. The number of hydrogen-bond donors (Lipinski definition) is 4. The first kappa shape index (κ1) is 26.5. The molecule has 5 atom stereocenters. The molecule has 1 aliphatic heterocycles. The minimum Gasteiger partial charge on any atom is -0.465 e. The minimum atomic E-state index is -1.54. The molecule has 32 heavy (non-hydrogen) atoms. The summed E-state index contributed by atoms with van der Waals surface area (Å²) in [5.74, 6) is -0.474. The summed E-state index contributed by atoms with van der Waals surface area (Å²) in [5.41, 5.74) is -1.72. The SMILES string of the molecule is CCCCCCCCC(Sc1nn([C@@H]2O[C@H](CO)[C@@H](O)[C@H]2O)c(=O)[nH]c1=O)C(=O)OCC. The van der Waals surface area contributed by atoms with E-state index in [1.54, 1.807) is 6.92 Å². The van der Waals surface area contributed by atoms with Crippen LogP contribution in [0.5, 0.6) is 0 Å². The Hall–Kier alpha value is -1.73. The van der Waals surface area contributed by atoms with Crippen LogP contribution < -0.4 is 11.2 Å². The van der Waals surface area contributed by atoms with Gasteiger partial charge in [-0.15, -0.1) is 0 Å². The number of aromatic nitrogens is 3. The minimum absolute atomic E-state index is 0.161. The lowest BCUT2D eigenvalue weighted by molar-refractivity contribution is -0.142. The highest BCUT2D eigenvalue weighted by atomic mass is 32.2. The van der Waals surface area contributed by atoms with Crippen molar-refractivity contribution in [1.29, 1.82) is 0 Å². The van der Waals surface area contributed by atoms with Gasteiger partial charge in [0.15, 0.2) is 11.3 Å². The Labute approximate surface area is 190 Å². The average Bonchev–Trinajstić information content (AvgIpc) is 3.05. The third-order valence-corrected chi connectivity index (χ3v) is 6.41. The maximum atomic E-state index is 12.4. The smallest absolute Gasteiger partial charge is 0.347 e. The second-order valence-corrected chi connectivity index (χ2v) is 8.84. The van der Waals surface area contributed by atoms with Crippen LogP contribution >= 0.6 is 11.8 Å². The molecule has 4 N–H and O–H groups in total. The average molecular weight is 476 g/mol. The molecule has 1 aliphatic rings. The summed E-state index contributed by atoms with van der Waals surface area (Å²) in [5, 5.41) is 32.5. The van der Waals surface area contributed by atoms with Gasteiger partial charge in [-0.25, -0.2) is 4.79 Å². The largest absolute Gasteiger partial charge is 0.465 e. The molecule has 1 saturated heterocycles. The van der Waals surface area contributed by atoms with Gasteiger partial charge >= 0.3 is 11.7 Å². The van der Waals surface area contributed by atoms with Gasteiger partial charge in [0.05, 0.1) is 13.2 Å². The first-order valence-electron chi connectivity index (χ1n) is 11.0. The summed E-state index contributed by atoms with van der Waals surface area (Å²) < 4.78 is 11.2. The molecule has 0 spiro atoms.